The molecule has 2 aromatic carbocycles. The number of nitrogens with one attached hydrogen (secondary N) is 2. The summed E-state index contributed by atoms with van der Waals surface area (Å²) in [4.78, 5) is 27.7. The zero-order valence-corrected chi connectivity index (χ0v) is 17.4. The molecular formula is C23H30N3O4+. The summed E-state index contributed by atoms with van der Waals surface area (Å²) in [6.07, 6.45) is 0. The van der Waals surface area contributed by atoms with E-state index in [1.165, 1.54) is 4.90 Å². The van der Waals surface area contributed by atoms with Crippen LogP contribution in [0.25, 0.3) is 0 Å². The van der Waals surface area contributed by atoms with Crippen LogP contribution < -0.4 is 19.7 Å². The van der Waals surface area contributed by atoms with Crippen molar-refractivity contribution in [2.24, 2.45) is 0 Å². The zero-order valence-electron chi connectivity index (χ0n) is 17.4. The standard InChI is InChI=1S/C23H29N3O4/c1-2-29-20-8-10-21(11-9-20)30-17-12-24-22(27)18-25-13-15-26(16-14-25)23(28)19-6-4-3-5-7-19/h3-11H,2,12-18H2,1H3,(H,24,27)/p+1. The molecule has 2 N–H and O–H groups in total. The molecule has 2 amide bonds. The first-order valence-corrected chi connectivity index (χ1v) is 10.5. The molecule has 1 heterocycles. The van der Waals surface area contributed by atoms with Crippen LogP contribution in [0.1, 0.15) is 17.3 Å². The van der Waals surface area contributed by atoms with Gasteiger partial charge in [-0.3, -0.25) is 9.59 Å². The lowest BCUT2D eigenvalue weighted by molar-refractivity contribution is -0.896. The van der Waals surface area contributed by atoms with Crippen LogP contribution in [-0.2, 0) is 4.79 Å². The molecule has 1 saturated heterocycles. The van der Waals surface area contributed by atoms with Gasteiger partial charge in [-0.25, -0.2) is 0 Å². The summed E-state index contributed by atoms with van der Waals surface area (Å²) in [5.41, 5.74) is 0.714. The van der Waals surface area contributed by atoms with Gasteiger partial charge in [-0.05, 0) is 43.3 Å². The average molecular weight is 413 g/mol. The second-order valence-corrected chi connectivity index (χ2v) is 7.19. The van der Waals surface area contributed by atoms with Gasteiger partial charge in [0, 0.05) is 5.56 Å². The molecule has 0 saturated carbocycles. The fourth-order valence-corrected chi connectivity index (χ4v) is 3.41. The van der Waals surface area contributed by atoms with Gasteiger partial charge in [0.2, 0.25) is 0 Å². The van der Waals surface area contributed by atoms with Crippen LogP contribution in [0.5, 0.6) is 11.5 Å². The Hall–Kier alpha value is -3.06. The Morgan fingerprint density at radius 1 is 0.967 bits per heavy atom. The van der Waals surface area contributed by atoms with Gasteiger partial charge in [-0.2, -0.15) is 0 Å². The lowest BCUT2D eigenvalue weighted by Crippen LogP contribution is -3.15. The minimum atomic E-state index is 0.00290. The van der Waals surface area contributed by atoms with Crippen molar-refractivity contribution in [3.05, 3.63) is 60.2 Å². The van der Waals surface area contributed by atoms with Crippen molar-refractivity contribution in [2.45, 2.75) is 6.92 Å². The van der Waals surface area contributed by atoms with Crippen molar-refractivity contribution >= 4 is 11.8 Å². The van der Waals surface area contributed by atoms with E-state index in [2.05, 4.69) is 5.32 Å². The van der Waals surface area contributed by atoms with E-state index >= 15 is 0 Å². The van der Waals surface area contributed by atoms with Gasteiger partial charge in [-0.1, -0.05) is 18.2 Å². The van der Waals surface area contributed by atoms with E-state index in [-0.39, 0.29) is 11.8 Å². The van der Waals surface area contributed by atoms with E-state index in [1.54, 1.807) is 0 Å². The summed E-state index contributed by atoms with van der Waals surface area (Å²) < 4.78 is 11.0. The third-order valence-corrected chi connectivity index (χ3v) is 5.02. The summed E-state index contributed by atoms with van der Waals surface area (Å²) in [6.45, 7) is 6.73. The predicted molar refractivity (Wildman–Crippen MR) is 114 cm³/mol. The first-order valence-electron chi connectivity index (χ1n) is 10.5. The van der Waals surface area contributed by atoms with Gasteiger partial charge in [0.05, 0.1) is 39.3 Å². The maximum Gasteiger partial charge on any atom is 0.275 e. The van der Waals surface area contributed by atoms with E-state index < -0.39 is 0 Å². The fraction of sp³-hybridized carbons (Fsp3) is 0.391. The van der Waals surface area contributed by atoms with Gasteiger partial charge in [0.15, 0.2) is 6.54 Å². The van der Waals surface area contributed by atoms with E-state index in [1.807, 2.05) is 66.4 Å². The number of piperazine rings is 1. The number of nitrogens with zero attached hydrogens (tertiary/aromatic N) is 1. The second kappa shape index (κ2) is 11.2. The molecule has 3 rings (SSSR count). The van der Waals surface area contributed by atoms with E-state index in [4.69, 9.17) is 9.47 Å². The SMILES string of the molecule is CCOc1ccc(OCCNC(=O)C[NH+]2CCN(C(=O)c3ccccc3)CC2)cc1. The van der Waals surface area contributed by atoms with Crippen molar-refractivity contribution in [3.63, 3.8) is 0 Å². The molecule has 7 heteroatoms. The van der Waals surface area contributed by atoms with Crippen LogP contribution in [0.4, 0.5) is 0 Å². The number of quaternary nitrogens is 1. The summed E-state index contributed by atoms with van der Waals surface area (Å²) in [5.74, 6) is 1.62. The maximum absolute atomic E-state index is 12.5. The number of carbonyl (C=O) groups excluding carboxylic acids is 2. The Kier molecular flexibility index (Phi) is 8.09. The fourth-order valence-electron chi connectivity index (χ4n) is 3.41. The van der Waals surface area contributed by atoms with E-state index in [0.717, 1.165) is 24.6 Å². The largest absolute Gasteiger partial charge is 0.494 e. The molecule has 0 bridgehead atoms. The normalized spacial score (nSPS) is 14.2. The molecule has 2 aromatic rings. The molecular weight excluding hydrogens is 382 g/mol. The Morgan fingerprint density at radius 3 is 2.23 bits per heavy atom. The number of ether oxygens (including phenoxy) is 2. The molecule has 7 nitrogen and oxygen atoms in total. The lowest BCUT2D eigenvalue weighted by Gasteiger charge is -2.32. The van der Waals surface area contributed by atoms with E-state index in [0.29, 0.717) is 45.0 Å². The molecule has 0 aromatic heterocycles. The minimum Gasteiger partial charge on any atom is -0.494 e. The predicted octanol–water partition coefficient (Wildman–Crippen LogP) is 0.621. The van der Waals surface area contributed by atoms with Gasteiger partial charge >= 0.3 is 0 Å². The van der Waals surface area contributed by atoms with Crippen molar-refractivity contribution < 1.29 is 24.0 Å². The van der Waals surface area contributed by atoms with Crippen LogP contribution in [-0.4, -0.2) is 69.2 Å². The summed E-state index contributed by atoms with van der Waals surface area (Å²) in [5, 5.41) is 2.90. The second-order valence-electron chi connectivity index (χ2n) is 7.19. The van der Waals surface area contributed by atoms with Crippen LogP contribution in [0.15, 0.2) is 54.6 Å². The topological polar surface area (TPSA) is 72.3 Å². The highest BCUT2D eigenvalue weighted by Gasteiger charge is 2.25. The van der Waals surface area contributed by atoms with Gasteiger partial charge < -0.3 is 24.6 Å². The third kappa shape index (κ3) is 6.49. The quantitative estimate of drug-likeness (QED) is 0.593. The molecule has 0 atom stereocenters. The summed E-state index contributed by atoms with van der Waals surface area (Å²) in [7, 11) is 0. The number of carbonyl (C=O) groups is 2. The third-order valence-electron chi connectivity index (χ3n) is 5.02. The van der Waals surface area contributed by atoms with Crippen molar-refractivity contribution in [1.82, 2.24) is 10.2 Å². The Labute approximate surface area is 177 Å². The Morgan fingerprint density at radius 2 is 1.60 bits per heavy atom. The van der Waals surface area contributed by atoms with Crippen molar-refractivity contribution in [1.29, 1.82) is 0 Å². The Bertz CT molecular complexity index is 803. The molecule has 1 fully saturated rings. The monoisotopic (exact) mass is 412 g/mol. The van der Waals surface area contributed by atoms with Crippen LogP contribution in [0, 0.1) is 0 Å². The maximum atomic E-state index is 12.5. The first kappa shape index (κ1) is 21.6. The number of amides is 2. The molecule has 0 unspecified atom stereocenters. The van der Waals surface area contributed by atoms with Crippen LogP contribution in [0.3, 0.4) is 0 Å². The smallest absolute Gasteiger partial charge is 0.275 e. The molecule has 1 aliphatic rings. The lowest BCUT2D eigenvalue weighted by atomic mass is 10.2. The zero-order chi connectivity index (χ0) is 21.2. The van der Waals surface area contributed by atoms with Gasteiger partial charge in [0.25, 0.3) is 11.8 Å². The summed E-state index contributed by atoms with van der Waals surface area (Å²) >= 11 is 0. The molecule has 160 valence electrons. The number of rotatable bonds is 9. The molecule has 0 radical (unpaired) electrons. The van der Waals surface area contributed by atoms with Crippen LogP contribution >= 0.6 is 0 Å². The number of hydrogen-bond acceptors (Lipinski definition) is 4. The highest BCUT2D eigenvalue weighted by atomic mass is 16.5. The van der Waals surface area contributed by atoms with Gasteiger partial charge in [0.1, 0.15) is 18.1 Å². The highest BCUT2D eigenvalue weighted by molar-refractivity contribution is 5.94. The van der Waals surface area contributed by atoms with Gasteiger partial charge in [-0.15, -0.1) is 0 Å². The summed E-state index contributed by atoms with van der Waals surface area (Å²) in [6, 6.07) is 16.8. The number of hydrogen-bond donors (Lipinski definition) is 2. The molecule has 0 aliphatic carbocycles. The first-order chi connectivity index (χ1) is 14.7. The average Bonchev–Trinajstić information content (AvgIpc) is 2.79. The van der Waals surface area contributed by atoms with Crippen molar-refractivity contribution in [3.8, 4) is 11.5 Å². The highest BCUT2D eigenvalue weighted by Crippen LogP contribution is 2.17. The molecule has 30 heavy (non-hydrogen) atoms. The minimum absolute atomic E-state index is 0.00290. The molecule has 0 spiro atoms. The van der Waals surface area contributed by atoms with Crippen LogP contribution in [0.2, 0.25) is 0 Å². The van der Waals surface area contributed by atoms with Crippen molar-refractivity contribution in [2.75, 3.05) is 52.5 Å². The van der Waals surface area contributed by atoms with E-state index in [9.17, 15) is 9.59 Å². The number of benzene rings is 2. The Balaban J connectivity index is 1.31. The molecule has 1 aliphatic heterocycles.